The summed E-state index contributed by atoms with van der Waals surface area (Å²) in [5.41, 5.74) is 5.10. The molecule has 0 unspecified atom stereocenters. The number of fused-ring (bicyclic) bond motifs is 3. The van der Waals surface area contributed by atoms with Crippen molar-refractivity contribution in [2.24, 2.45) is 0 Å². The second-order valence-electron chi connectivity index (χ2n) is 5.99. The van der Waals surface area contributed by atoms with Gasteiger partial charge >= 0.3 is 0 Å². The molecule has 4 rings (SSSR count). The lowest BCUT2D eigenvalue weighted by atomic mass is 10.1. The zero-order valence-corrected chi connectivity index (χ0v) is 13.8. The highest BCUT2D eigenvalue weighted by atomic mass is 16.3. The molecule has 1 aromatic carbocycles. The van der Waals surface area contributed by atoms with Gasteiger partial charge in [-0.3, -0.25) is 0 Å². The van der Waals surface area contributed by atoms with Crippen molar-refractivity contribution in [1.82, 2.24) is 24.1 Å². The van der Waals surface area contributed by atoms with Gasteiger partial charge in [-0.05, 0) is 25.0 Å². The lowest BCUT2D eigenvalue weighted by Crippen LogP contribution is -2.05. The number of nitrogens with zero attached hydrogens (tertiary/aromatic N) is 5. The van der Waals surface area contributed by atoms with Gasteiger partial charge in [0.25, 0.3) is 0 Å². The molecule has 1 N–H and O–H groups in total. The van der Waals surface area contributed by atoms with Crippen LogP contribution in [-0.2, 0) is 13.0 Å². The fraction of sp³-hybridized carbons (Fsp3) is 0.278. The Labute approximate surface area is 139 Å². The molecule has 6 nitrogen and oxygen atoms in total. The van der Waals surface area contributed by atoms with E-state index in [1.54, 1.807) is 10.8 Å². The van der Waals surface area contributed by atoms with E-state index in [0.29, 0.717) is 13.0 Å². The molecule has 3 aromatic heterocycles. The molecule has 4 aromatic rings. The number of benzene rings is 1. The van der Waals surface area contributed by atoms with E-state index in [0.717, 1.165) is 33.8 Å². The zero-order valence-electron chi connectivity index (χ0n) is 13.8. The molecule has 122 valence electrons. The van der Waals surface area contributed by atoms with E-state index in [1.165, 1.54) is 5.56 Å². The van der Waals surface area contributed by atoms with Gasteiger partial charge < -0.3 is 9.67 Å². The first-order valence-electron chi connectivity index (χ1n) is 8.03. The van der Waals surface area contributed by atoms with Crippen molar-refractivity contribution in [2.75, 3.05) is 6.61 Å². The van der Waals surface area contributed by atoms with Crippen LogP contribution in [0.4, 0.5) is 0 Å². The van der Waals surface area contributed by atoms with Crippen molar-refractivity contribution in [3.63, 3.8) is 0 Å². The number of aliphatic hydroxyl groups is 1. The van der Waals surface area contributed by atoms with Crippen molar-refractivity contribution < 1.29 is 5.11 Å². The largest absolute Gasteiger partial charge is 0.395 e. The SMILES string of the molecule is Cc1c(C)n(CCO)c2ncn3nc(Cc4ccccc4)nc3c12. The molecule has 3 heterocycles. The fourth-order valence-corrected chi connectivity index (χ4v) is 3.20. The summed E-state index contributed by atoms with van der Waals surface area (Å²) < 4.78 is 3.78. The zero-order chi connectivity index (χ0) is 16.7. The van der Waals surface area contributed by atoms with E-state index in [-0.39, 0.29) is 6.61 Å². The van der Waals surface area contributed by atoms with E-state index in [1.807, 2.05) is 29.7 Å². The second-order valence-corrected chi connectivity index (χ2v) is 5.99. The molecule has 6 heteroatoms. The van der Waals surface area contributed by atoms with Gasteiger partial charge in [-0.1, -0.05) is 30.3 Å². The number of aromatic nitrogens is 5. The van der Waals surface area contributed by atoms with Crippen LogP contribution in [0.1, 0.15) is 22.6 Å². The van der Waals surface area contributed by atoms with Crippen molar-refractivity contribution in [2.45, 2.75) is 26.8 Å². The van der Waals surface area contributed by atoms with Crippen LogP contribution in [0, 0.1) is 13.8 Å². The van der Waals surface area contributed by atoms with Crippen LogP contribution < -0.4 is 0 Å². The van der Waals surface area contributed by atoms with Crippen LogP contribution in [-0.4, -0.2) is 35.9 Å². The molecule has 0 spiro atoms. The standard InChI is InChI=1S/C18H19N5O/c1-12-13(2)22(8-9-24)17-16(12)18-20-15(21-23(18)11-19-17)10-14-6-4-3-5-7-14/h3-7,11,24H,8-10H2,1-2H3. The van der Waals surface area contributed by atoms with Gasteiger partial charge in [0, 0.05) is 18.7 Å². The van der Waals surface area contributed by atoms with Gasteiger partial charge in [0.2, 0.25) is 0 Å². The summed E-state index contributed by atoms with van der Waals surface area (Å²) in [7, 11) is 0. The van der Waals surface area contributed by atoms with E-state index in [9.17, 15) is 5.11 Å². The molecule has 0 atom stereocenters. The number of hydrogen-bond donors (Lipinski definition) is 1. The minimum absolute atomic E-state index is 0.0862. The van der Waals surface area contributed by atoms with Crippen molar-refractivity contribution in [3.05, 3.63) is 59.3 Å². The van der Waals surface area contributed by atoms with Crippen molar-refractivity contribution >= 4 is 16.7 Å². The third-order valence-electron chi connectivity index (χ3n) is 4.52. The number of aryl methyl sites for hydroxylation is 1. The molecule has 0 aliphatic heterocycles. The first-order valence-corrected chi connectivity index (χ1v) is 8.03. The maximum absolute atomic E-state index is 9.31. The average molecular weight is 321 g/mol. The molecule has 0 saturated carbocycles. The lowest BCUT2D eigenvalue weighted by molar-refractivity contribution is 0.276. The maximum Gasteiger partial charge on any atom is 0.168 e. The first-order chi connectivity index (χ1) is 11.7. The molecule has 0 bridgehead atoms. The lowest BCUT2D eigenvalue weighted by Gasteiger charge is -2.04. The summed E-state index contributed by atoms with van der Waals surface area (Å²) in [6.07, 6.45) is 2.39. The first kappa shape index (κ1) is 14.8. The van der Waals surface area contributed by atoms with Gasteiger partial charge in [-0.2, -0.15) is 0 Å². The van der Waals surface area contributed by atoms with E-state index in [2.05, 4.69) is 29.1 Å². The summed E-state index contributed by atoms with van der Waals surface area (Å²) in [6, 6.07) is 10.2. The normalized spacial score (nSPS) is 11.6. The summed E-state index contributed by atoms with van der Waals surface area (Å²) in [5, 5.41) is 14.9. The molecule has 0 radical (unpaired) electrons. The summed E-state index contributed by atoms with van der Waals surface area (Å²) >= 11 is 0. The van der Waals surface area contributed by atoms with Crippen LogP contribution in [0.5, 0.6) is 0 Å². The van der Waals surface area contributed by atoms with Crippen LogP contribution in [0.3, 0.4) is 0 Å². The Morgan fingerprint density at radius 2 is 1.88 bits per heavy atom. The minimum Gasteiger partial charge on any atom is -0.395 e. The van der Waals surface area contributed by atoms with Crippen LogP contribution >= 0.6 is 0 Å². The molecule has 0 fully saturated rings. The summed E-state index contributed by atoms with van der Waals surface area (Å²) in [6.45, 7) is 4.73. The highest BCUT2D eigenvalue weighted by molar-refractivity contribution is 5.93. The molecule has 0 aliphatic rings. The Kier molecular flexibility index (Phi) is 3.54. The van der Waals surface area contributed by atoms with Gasteiger partial charge in [0.15, 0.2) is 11.5 Å². The second kappa shape index (κ2) is 5.72. The minimum atomic E-state index is 0.0862. The van der Waals surface area contributed by atoms with E-state index >= 15 is 0 Å². The average Bonchev–Trinajstić information content (AvgIpc) is 3.10. The molecule has 0 aliphatic carbocycles. The van der Waals surface area contributed by atoms with Crippen LogP contribution in [0.2, 0.25) is 0 Å². The van der Waals surface area contributed by atoms with Gasteiger partial charge in [-0.25, -0.2) is 14.5 Å². The highest BCUT2D eigenvalue weighted by Crippen LogP contribution is 2.26. The van der Waals surface area contributed by atoms with Crippen molar-refractivity contribution in [3.8, 4) is 0 Å². The highest BCUT2D eigenvalue weighted by Gasteiger charge is 2.17. The van der Waals surface area contributed by atoms with Gasteiger partial charge in [0.1, 0.15) is 12.0 Å². The quantitative estimate of drug-likeness (QED) is 0.626. The number of aliphatic hydroxyl groups excluding tert-OH is 1. The third kappa shape index (κ3) is 2.27. The molecule has 0 amide bonds. The molecular weight excluding hydrogens is 302 g/mol. The Morgan fingerprint density at radius 3 is 2.62 bits per heavy atom. The molecule has 0 saturated heterocycles. The van der Waals surface area contributed by atoms with Gasteiger partial charge in [-0.15, -0.1) is 5.10 Å². The molecular formula is C18H19N5O. The summed E-state index contributed by atoms with van der Waals surface area (Å²) in [4.78, 5) is 9.29. The predicted molar refractivity (Wildman–Crippen MR) is 92.1 cm³/mol. The summed E-state index contributed by atoms with van der Waals surface area (Å²) in [5.74, 6) is 0.780. The number of hydrogen-bond acceptors (Lipinski definition) is 4. The predicted octanol–water partition coefficient (Wildman–Crippen LogP) is 2.28. The number of rotatable bonds is 4. The van der Waals surface area contributed by atoms with Crippen LogP contribution in [0.25, 0.3) is 16.7 Å². The smallest absolute Gasteiger partial charge is 0.168 e. The fourth-order valence-electron chi connectivity index (χ4n) is 3.20. The topological polar surface area (TPSA) is 68.2 Å². The Bertz CT molecular complexity index is 1020. The third-order valence-corrected chi connectivity index (χ3v) is 4.52. The van der Waals surface area contributed by atoms with E-state index < -0.39 is 0 Å². The Hall–Kier alpha value is -2.73. The monoisotopic (exact) mass is 321 g/mol. The Morgan fingerprint density at radius 1 is 1.08 bits per heavy atom. The molecule has 24 heavy (non-hydrogen) atoms. The maximum atomic E-state index is 9.31. The van der Waals surface area contributed by atoms with E-state index in [4.69, 9.17) is 4.98 Å². The van der Waals surface area contributed by atoms with Crippen LogP contribution in [0.15, 0.2) is 36.7 Å². The Balaban J connectivity index is 1.87. The van der Waals surface area contributed by atoms with Gasteiger partial charge in [0.05, 0.1) is 12.0 Å². The van der Waals surface area contributed by atoms with Crippen molar-refractivity contribution in [1.29, 1.82) is 0 Å².